The van der Waals surface area contributed by atoms with E-state index in [9.17, 15) is 13.2 Å². The summed E-state index contributed by atoms with van der Waals surface area (Å²) in [5, 5.41) is 3.98. The molecule has 1 aromatic rings. The van der Waals surface area contributed by atoms with Crippen LogP contribution in [0, 0.1) is 0 Å². The van der Waals surface area contributed by atoms with Gasteiger partial charge in [-0.1, -0.05) is 36.9 Å². The molecule has 9 heteroatoms. The lowest BCUT2D eigenvalue weighted by Gasteiger charge is -2.10. The first-order valence-electron chi connectivity index (χ1n) is 8.40. The highest BCUT2D eigenvalue weighted by Gasteiger charge is 2.28. The van der Waals surface area contributed by atoms with Gasteiger partial charge in [-0.2, -0.15) is 18.3 Å². The molecule has 2 rings (SSSR count). The van der Waals surface area contributed by atoms with Gasteiger partial charge in [0.15, 0.2) is 0 Å². The van der Waals surface area contributed by atoms with Crippen molar-refractivity contribution >= 4 is 23.9 Å². The number of benzene rings is 1. The number of hydrogen-bond donors (Lipinski definition) is 2. The number of alkyl halides is 3. The maximum absolute atomic E-state index is 12.2. The molecule has 5 nitrogen and oxygen atoms in total. The second kappa shape index (κ2) is 10.7. The molecular formula is C19H21F3N4OS. The molecule has 0 saturated carbocycles. The van der Waals surface area contributed by atoms with Gasteiger partial charge in [0.2, 0.25) is 0 Å². The molecular weight excluding hydrogens is 389 g/mol. The Labute approximate surface area is 166 Å². The Morgan fingerprint density at radius 3 is 2.89 bits per heavy atom. The normalized spacial score (nSPS) is 15.1. The van der Waals surface area contributed by atoms with Crippen molar-refractivity contribution in [2.45, 2.75) is 32.0 Å². The van der Waals surface area contributed by atoms with Gasteiger partial charge in [-0.25, -0.2) is 0 Å². The average molecular weight is 410 g/mol. The third-order valence-corrected chi connectivity index (χ3v) is 4.06. The maximum Gasteiger partial charge on any atom is 0.456 e. The number of allylic oxidation sites excluding steroid dienone is 3. The summed E-state index contributed by atoms with van der Waals surface area (Å²) in [6.45, 7) is 5.90. The van der Waals surface area contributed by atoms with E-state index in [0.29, 0.717) is 5.76 Å². The number of ether oxygens (including phenoxy) is 1. The lowest BCUT2D eigenvalue weighted by atomic mass is 10.1. The van der Waals surface area contributed by atoms with Gasteiger partial charge in [-0.3, -0.25) is 15.1 Å². The minimum absolute atomic E-state index is 0.0935. The molecule has 0 atom stereocenters. The minimum atomic E-state index is -4.31. The highest BCUT2D eigenvalue weighted by Crippen LogP contribution is 2.27. The topological polar surface area (TPSA) is 58.0 Å². The Bertz CT molecular complexity index is 801. The molecule has 28 heavy (non-hydrogen) atoms. The first kappa shape index (κ1) is 21.8. The van der Waals surface area contributed by atoms with Crippen molar-refractivity contribution in [1.82, 2.24) is 10.1 Å². The molecule has 0 fully saturated rings. The lowest BCUT2D eigenvalue weighted by Crippen LogP contribution is -2.15. The molecule has 0 bridgehead atoms. The molecule has 0 unspecified atom stereocenters. The maximum atomic E-state index is 12.2. The number of halogens is 3. The molecule has 150 valence electrons. The number of hydrogen-bond acceptors (Lipinski definition) is 6. The molecule has 1 heterocycles. The number of hydrazone groups is 1. The fraction of sp³-hybridized carbons (Fsp3) is 0.263. The van der Waals surface area contributed by atoms with E-state index in [-0.39, 0.29) is 25.1 Å². The average Bonchev–Trinajstić information content (AvgIpc) is 2.68. The van der Waals surface area contributed by atoms with Gasteiger partial charge in [-0.15, -0.1) is 0 Å². The monoisotopic (exact) mass is 410 g/mol. The van der Waals surface area contributed by atoms with E-state index in [0.717, 1.165) is 29.0 Å². The second-order valence-corrected chi connectivity index (χ2v) is 6.66. The SMILES string of the molecule is C=C/C(=C\N=C(C)C1=CCC=NN1)OCc1cccc(CNSC(F)(F)F)c1. The van der Waals surface area contributed by atoms with Gasteiger partial charge < -0.3 is 4.74 Å². The Kier molecular flexibility index (Phi) is 8.34. The summed E-state index contributed by atoms with van der Waals surface area (Å²) in [5.41, 5.74) is 1.72. The van der Waals surface area contributed by atoms with Gasteiger partial charge >= 0.3 is 5.51 Å². The summed E-state index contributed by atoms with van der Waals surface area (Å²) in [6.07, 6.45) is 7.59. The fourth-order valence-corrected chi connectivity index (χ4v) is 2.59. The van der Waals surface area contributed by atoms with Crippen LogP contribution in [-0.4, -0.2) is 17.4 Å². The van der Waals surface area contributed by atoms with Crippen molar-refractivity contribution in [1.29, 1.82) is 0 Å². The second-order valence-electron chi connectivity index (χ2n) is 5.70. The zero-order valence-corrected chi connectivity index (χ0v) is 16.1. The van der Waals surface area contributed by atoms with Crippen LogP contribution >= 0.6 is 11.9 Å². The van der Waals surface area contributed by atoms with E-state index >= 15 is 0 Å². The first-order chi connectivity index (χ1) is 13.4. The van der Waals surface area contributed by atoms with Crippen LogP contribution in [-0.2, 0) is 17.9 Å². The Hall–Kier alpha value is -2.52. The molecule has 0 radical (unpaired) electrons. The third-order valence-electron chi connectivity index (χ3n) is 3.54. The van der Waals surface area contributed by atoms with Gasteiger partial charge in [0.25, 0.3) is 0 Å². The van der Waals surface area contributed by atoms with Gasteiger partial charge in [-0.05, 0) is 24.1 Å². The molecule has 2 N–H and O–H groups in total. The zero-order chi connectivity index (χ0) is 20.4. The molecule has 0 aliphatic carbocycles. The van der Waals surface area contributed by atoms with Crippen molar-refractivity contribution in [3.63, 3.8) is 0 Å². The van der Waals surface area contributed by atoms with Crippen molar-refractivity contribution in [2.75, 3.05) is 0 Å². The van der Waals surface area contributed by atoms with Crippen LogP contribution in [0.1, 0.15) is 24.5 Å². The van der Waals surface area contributed by atoms with Crippen LogP contribution in [0.5, 0.6) is 0 Å². The minimum Gasteiger partial charge on any atom is -0.487 e. The fourth-order valence-electron chi connectivity index (χ4n) is 2.19. The zero-order valence-electron chi connectivity index (χ0n) is 15.3. The number of nitrogens with zero attached hydrogens (tertiary/aromatic N) is 2. The van der Waals surface area contributed by atoms with Crippen molar-refractivity contribution < 1.29 is 17.9 Å². The molecule has 0 aromatic heterocycles. The van der Waals surface area contributed by atoms with Gasteiger partial charge in [0.1, 0.15) is 12.4 Å². The van der Waals surface area contributed by atoms with Crippen LogP contribution in [0.25, 0.3) is 0 Å². The Balaban J connectivity index is 1.91. The largest absolute Gasteiger partial charge is 0.487 e. The molecule has 1 aliphatic heterocycles. The molecule has 1 aromatic carbocycles. The molecule has 0 spiro atoms. The van der Waals surface area contributed by atoms with Gasteiger partial charge in [0.05, 0.1) is 17.6 Å². The van der Waals surface area contributed by atoms with Crippen LogP contribution in [0.2, 0.25) is 0 Å². The molecule has 0 amide bonds. The van der Waals surface area contributed by atoms with E-state index < -0.39 is 5.51 Å². The van der Waals surface area contributed by atoms with Gasteiger partial charge in [0, 0.05) is 31.1 Å². The van der Waals surface area contributed by atoms with E-state index in [1.54, 1.807) is 36.7 Å². The van der Waals surface area contributed by atoms with Crippen LogP contribution in [0.4, 0.5) is 13.2 Å². The van der Waals surface area contributed by atoms with Crippen LogP contribution in [0.3, 0.4) is 0 Å². The smallest absolute Gasteiger partial charge is 0.456 e. The Morgan fingerprint density at radius 1 is 1.43 bits per heavy atom. The predicted molar refractivity (Wildman–Crippen MR) is 107 cm³/mol. The number of rotatable bonds is 9. The summed E-state index contributed by atoms with van der Waals surface area (Å²) >= 11 is -0.260. The predicted octanol–water partition coefficient (Wildman–Crippen LogP) is 4.81. The van der Waals surface area contributed by atoms with E-state index in [1.165, 1.54) is 0 Å². The Morgan fingerprint density at radius 2 is 2.21 bits per heavy atom. The van der Waals surface area contributed by atoms with Crippen LogP contribution in [0.15, 0.2) is 70.7 Å². The summed E-state index contributed by atoms with van der Waals surface area (Å²) in [4.78, 5) is 4.35. The highest BCUT2D eigenvalue weighted by molar-refractivity contribution is 7.98. The summed E-state index contributed by atoms with van der Waals surface area (Å²) in [7, 11) is 0. The lowest BCUT2D eigenvalue weighted by molar-refractivity contribution is -0.0336. The number of nitrogens with one attached hydrogen (secondary N) is 2. The summed E-state index contributed by atoms with van der Waals surface area (Å²) in [5.74, 6) is 0.482. The van der Waals surface area contributed by atoms with Crippen molar-refractivity contribution in [2.24, 2.45) is 10.1 Å². The van der Waals surface area contributed by atoms with Crippen LogP contribution < -0.4 is 10.1 Å². The molecule has 0 saturated heterocycles. The van der Waals surface area contributed by atoms with E-state index in [2.05, 4.69) is 26.8 Å². The van der Waals surface area contributed by atoms with Crippen molar-refractivity contribution in [3.8, 4) is 0 Å². The van der Waals surface area contributed by atoms with Crippen molar-refractivity contribution in [3.05, 3.63) is 71.8 Å². The molecule has 1 aliphatic rings. The highest BCUT2D eigenvalue weighted by atomic mass is 32.2. The quantitative estimate of drug-likeness (QED) is 0.265. The van der Waals surface area contributed by atoms with E-state index in [1.807, 2.05) is 19.1 Å². The summed E-state index contributed by atoms with van der Waals surface area (Å²) < 4.78 is 44.5. The first-order valence-corrected chi connectivity index (χ1v) is 9.22. The summed E-state index contributed by atoms with van der Waals surface area (Å²) in [6, 6.07) is 7.15. The standard InChI is InChI=1S/C19H21F3N4OS/c1-3-17(12-23-14(2)18-8-5-9-24-26-18)27-13-16-7-4-6-15(10-16)11-25-28-19(20,21)22/h3-4,6-10,12,25-26H,1,5,11,13H2,2H3/b17-12+,23-14?. The van der Waals surface area contributed by atoms with E-state index in [4.69, 9.17) is 4.74 Å². The third kappa shape index (κ3) is 8.01. The number of aliphatic imine (C=N–C) groups is 1.